The van der Waals surface area contributed by atoms with E-state index in [1.54, 1.807) is 36.3 Å². The van der Waals surface area contributed by atoms with Gasteiger partial charge in [-0.1, -0.05) is 0 Å². The highest BCUT2D eigenvalue weighted by Crippen LogP contribution is 2.27. The molecular weight excluding hydrogens is 337 g/mol. The van der Waals surface area contributed by atoms with Crippen molar-refractivity contribution in [2.45, 2.75) is 6.92 Å². The van der Waals surface area contributed by atoms with Crippen LogP contribution in [0.25, 0.3) is 11.3 Å². The van der Waals surface area contributed by atoms with Crippen LogP contribution in [-0.2, 0) is 11.8 Å². The zero-order valence-electron chi connectivity index (χ0n) is 14.9. The molecule has 26 heavy (non-hydrogen) atoms. The van der Waals surface area contributed by atoms with Gasteiger partial charge in [0.15, 0.2) is 11.6 Å². The Balaban J connectivity index is 1.83. The Bertz CT molecular complexity index is 897. The van der Waals surface area contributed by atoms with Crippen molar-refractivity contribution in [3.8, 4) is 17.0 Å². The second-order valence-corrected chi connectivity index (χ2v) is 5.74. The van der Waals surface area contributed by atoms with Crippen LogP contribution < -0.4 is 10.1 Å². The predicted octanol–water partition coefficient (Wildman–Crippen LogP) is 3.09. The minimum absolute atomic E-state index is 0.186. The molecule has 0 fully saturated rings. The van der Waals surface area contributed by atoms with Gasteiger partial charge < -0.3 is 14.8 Å². The van der Waals surface area contributed by atoms with Crippen molar-refractivity contribution in [1.82, 2.24) is 19.7 Å². The number of ether oxygens (including phenoxy) is 2. The molecule has 7 nitrogen and oxygen atoms in total. The normalized spacial score (nSPS) is 10.8. The number of hydrogen-bond donors (Lipinski definition) is 1. The molecule has 0 amide bonds. The minimum atomic E-state index is -0.446. The third-order valence-corrected chi connectivity index (χ3v) is 3.68. The number of nitrogens with zero attached hydrogens (tertiary/aromatic N) is 4. The molecule has 0 aliphatic rings. The first-order valence-corrected chi connectivity index (χ1v) is 8.08. The fraction of sp³-hybridized carbons (Fsp3) is 0.278. The molecule has 1 N–H and O–H groups in total. The number of halogens is 1. The number of aryl methyl sites for hydroxylation is 2. The van der Waals surface area contributed by atoms with Gasteiger partial charge in [-0.2, -0.15) is 5.10 Å². The Hall–Kier alpha value is -3.00. The van der Waals surface area contributed by atoms with Crippen LogP contribution in [0.3, 0.4) is 0 Å². The summed E-state index contributed by atoms with van der Waals surface area (Å²) in [5.41, 5.74) is 2.91. The molecular formula is C18H20FN5O2. The van der Waals surface area contributed by atoms with Gasteiger partial charge in [0, 0.05) is 32.1 Å². The molecule has 0 radical (unpaired) electrons. The van der Waals surface area contributed by atoms with Gasteiger partial charge in [0.25, 0.3) is 0 Å². The number of nitrogens with one attached hydrogen (secondary N) is 1. The lowest BCUT2D eigenvalue weighted by atomic mass is 10.1. The molecule has 0 bridgehead atoms. The largest absolute Gasteiger partial charge is 0.488 e. The Morgan fingerprint density at radius 3 is 2.77 bits per heavy atom. The lowest BCUT2D eigenvalue weighted by Crippen LogP contribution is -2.05. The highest BCUT2D eigenvalue weighted by molar-refractivity contribution is 5.65. The van der Waals surface area contributed by atoms with Gasteiger partial charge in [-0.3, -0.25) is 4.68 Å². The van der Waals surface area contributed by atoms with Crippen molar-refractivity contribution in [3.63, 3.8) is 0 Å². The van der Waals surface area contributed by atoms with Gasteiger partial charge in [0.2, 0.25) is 5.95 Å². The van der Waals surface area contributed by atoms with Crippen molar-refractivity contribution >= 4 is 11.6 Å². The van der Waals surface area contributed by atoms with Gasteiger partial charge in [0.1, 0.15) is 6.61 Å². The number of rotatable bonds is 7. The maximum atomic E-state index is 14.3. The van der Waals surface area contributed by atoms with Gasteiger partial charge in [-0.05, 0) is 30.7 Å². The molecule has 0 saturated heterocycles. The second kappa shape index (κ2) is 7.92. The Labute approximate surface area is 150 Å². The van der Waals surface area contributed by atoms with E-state index in [1.165, 1.54) is 6.07 Å². The number of hydrogen-bond acceptors (Lipinski definition) is 6. The molecule has 0 saturated carbocycles. The van der Waals surface area contributed by atoms with Crippen LogP contribution in [0.4, 0.5) is 16.0 Å². The van der Waals surface area contributed by atoms with E-state index in [0.29, 0.717) is 30.4 Å². The summed E-state index contributed by atoms with van der Waals surface area (Å²) in [6.07, 6.45) is 5.19. The van der Waals surface area contributed by atoms with E-state index in [4.69, 9.17) is 9.47 Å². The smallest absolute Gasteiger partial charge is 0.227 e. The summed E-state index contributed by atoms with van der Waals surface area (Å²) < 4.78 is 26.2. The van der Waals surface area contributed by atoms with E-state index in [0.717, 1.165) is 11.3 Å². The highest BCUT2D eigenvalue weighted by atomic mass is 19.1. The average molecular weight is 357 g/mol. The molecule has 8 heteroatoms. The molecule has 0 aliphatic heterocycles. The second-order valence-electron chi connectivity index (χ2n) is 5.74. The summed E-state index contributed by atoms with van der Waals surface area (Å²) in [6.45, 7) is 2.57. The van der Waals surface area contributed by atoms with E-state index in [-0.39, 0.29) is 5.75 Å². The molecule has 0 unspecified atom stereocenters. The van der Waals surface area contributed by atoms with Crippen LogP contribution >= 0.6 is 0 Å². The molecule has 1 aromatic carbocycles. The predicted molar refractivity (Wildman–Crippen MR) is 96.0 cm³/mol. The average Bonchev–Trinajstić information content (AvgIpc) is 3.03. The fourth-order valence-corrected chi connectivity index (χ4v) is 2.41. The number of benzene rings is 1. The van der Waals surface area contributed by atoms with Crippen LogP contribution in [0.5, 0.6) is 5.75 Å². The highest BCUT2D eigenvalue weighted by Gasteiger charge is 2.11. The van der Waals surface area contributed by atoms with E-state index >= 15 is 0 Å². The van der Waals surface area contributed by atoms with E-state index < -0.39 is 5.82 Å². The zero-order valence-corrected chi connectivity index (χ0v) is 14.9. The summed E-state index contributed by atoms with van der Waals surface area (Å²) >= 11 is 0. The first kappa shape index (κ1) is 17.8. The molecule has 0 spiro atoms. The maximum Gasteiger partial charge on any atom is 0.227 e. The summed E-state index contributed by atoms with van der Waals surface area (Å²) in [5, 5.41) is 7.17. The molecule has 0 aliphatic carbocycles. The van der Waals surface area contributed by atoms with Crippen molar-refractivity contribution in [2.75, 3.05) is 25.6 Å². The lowest BCUT2D eigenvalue weighted by molar-refractivity contribution is 0.144. The number of methoxy groups -OCH3 is 1. The van der Waals surface area contributed by atoms with Gasteiger partial charge in [0.05, 0.1) is 24.2 Å². The van der Waals surface area contributed by atoms with Crippen LogP contribution in [-0.4, -0.2) is 40.1 Å². The van der Waals surface area contributed by atoms with Crippen molar-refractivity contribution < 1.29 is 13.9 Å². The van der Waals surface area contributed by atoms with E-state index in [9.17, 15) is 4.39 Å². The van der Waals surface area contributed by atoms with Crippen LogP contribution in [0.15, 0.2) is 36.8 Å². The van der Waals surface area contributed by atoms with Crippen LogP contribution in [0, 0.1) is 12.7 Å². The molecule has 3 rings (SSSR count). The summed E-state index contributed by atoms with van der Waals surface area (Å²) in [6, 6.07) is 4.77. The molecule has 2 heterocycles. The van der Waals surface area contributed by atoms with Crippen LogP contribution in [0.2, 0.25) is 0 Å². The third kappa shape index (κ3) is 4.15. The first-order chi connectivity index (χ1) is 12.6. The quantitative estimate of drug-likeness (QED) is 0.655. The third-order valence-electron chi connectivity index (χ3n) is 3.68. The van der Waals surface area contributed by atoms with E-state index in [2.05, 4.69) is 20.4 Å². The SMILES string of the molecule is COCCOc1ccc(-c2nc(Nc3cnn(C)c3)ncc2C)cc1F. The van der Waals surface area contributed by atoms with Gasteiger partial charge >= 0.3 is 0 Å². The molecule has 0 atom stereocenters. The minimum Gasteiger partial charge on any atom is -0.488 e. The Morgan fingerprint density at radius 1 is 1.23 bits per heavy atom. The fourth-order valence-electron chi connectivity index (χ4n) is 2.41. The lowest BCUT2D eigenvalue weighted by Gasteiger charge is -2.10. The van der Waals surface area contributed by atoms with E-state index in [1.807, 2.05) is 20.2 Å². The molecule has 136 valence electrons. The van der Waals surface area contributed by atoms with Crippen molar-refractivity contribution in [3.05, 3.63) is 48.2 Å². The van der Waals surface area contributed by atoms with Gasteiger partial charge in [-0.15, -0.1) is 0 Å². The van der Waals surface area contributed by atoms with Crippen molar-refractivity contribution in [1.29, 1.82) is 0 Å². The molecule has 2 aromatic heterocycles. The summed E-state index contributed by atoms with van der Waals surface area (Å²) in [4.78, 5) is 8.77. The summed E-state index contributed by atoms with van der Waals surface area (Å²) in [7, 11) is 3.39. The number of aromatic nitrogens is 4. The monoisotopic (exact) mass is 357 g/mol. The first-order valence-electron chi connectivity index (χ1n) is 8.08. The van der Waals surface area contributed by atoms with Crippen LogP contribution in [0.1, 0.15) is 5.56 Å². The standard InChI is InChI=1S/C18H20FN5O2/c1-12-9-20-18(22-14-10-21-24(2)11-14)23-17(12)13-4-5-16(15(19)8-13)26-7-6-25-3/h4-5,8-11H,6-7H2,1-3H3,(H,20,22,23). The maximum absolute atomic E-state index is 14.3. The molecule has 3 aromatic rings. The zero-order chi connectivity index (χ0) is 18.5. The Morgan fingerprint density at radius 2 is 2.08 bits per heavy atom. The summed E-state index contributed by atoms with van der Waals surface area (Å²) in [5.74, 6) is 0.157. The number of anilines is 2. The van der Waals surface area contributed by atoms with Crippen molar-refractivity contribution in [2.24, 2.45) is 7.05 Å². The van der Waals surface area contributed by atoms with Gasteiger partial charge in [-0.25, -0.2) is 14.4 Å². The topological polar surface area (TPSA) is 74.1 Å². The Kier molecular flexibility index (Phi) is 5.43.